The Hall–Kier alpha value is -0.990. The van der Waals surface area contributed by atoms with Crippen molar-refractivity contribution in [3.63, 3.8) is 0 Å². The maximum atomic E-state index is 5.96. The zero-order valence-corrected chi connectivity index (χ0v) is 11.6. The van der Waals surface area contributed by atoms with E-state index in [9.17, 15) is 0 Å². The fourth-order valence-corrected chi connectivity index (χ4v) is 2.90. The second kappa shape index (κ2) is 5.56. The van der Waals surface area contributed by atoms with E-state index in [4.69, 9.17) is 11.6 Å². The Morgan fingerprint density at radius 2 is 2.00 bits per heavy atom. The van der Waals surface area contributed by atoms with Crippen molar-refractivity contribution in [1.82, 2.24) is 0 Å². The average Bonchev–Trinajstić information content (AvgIpc) is 2.77. The molecule has 1 nitrogen and oxygen atoms in total. The highest BCUT2D eigenvalue weighted by Crippen LogP contribution is 2.29. The lowest BCUT2D eigenvalue weighted by atomic mass is 10.1. The predicted octanol–water partition coefficient (Wildman–Crippen LogP) is 5.14. The van der Waals surface area contributed by atoms with Crippen molar-refractivity contribution >= 4 is 28.6 Å². The van der Waals surface area contributed by atoms with Crippen molar-refractivity contribution in [3.8, 4) is 0 Å². The van der Waals surface area contributed by atoms with Crippen molar-refractivity contribution in [3.05, 3.63) is 51.2 Å². The van der Waals surface area contributed by atoms with Crippen LogP contribution in [0.5, 0.6) is 0 Å². The topological polar surface area (TPSA) is 12.0 Å². The van der Waals surface area contributed by atoms with E-state index in [1.807, 2.05) is 6.07 Å². The minimum atomic E-state index is 0.292. The molecule has 1 unspecified atom stereocenters. The van der Waals surface area contributed by atoms with E-state index in [1.54, 1.807) is 11.3 Å². The third-order valence-electron chi connectivity index (χ3n) is 2.79. The van der Waals surface area contributed by atoms with Gasteiger partial charge in [-0.3, -0.25) is 0 Å². The molecule has 0 spiro atoms. The average molecular weight is 266 g/mol. The van der Waals surface area contributed by atoms with Crippen molar-refractivity contribution in [2.75, 3.05) is 5.32 Å². The summed E-state index contributed by atoms with van der Waals surface area (Å²) in [6.45, 7) is 4.34. The molecule has 0 aliphatic carbocycles. The molecule has 1 atom stereocenters. The van der Waals surface area contributed by atoms with Gasteiger partial charge in [-0.05, 0) is 37.1 Å². The summed E-state index contributed by atoms with van der Waals surface area (Å²) in [5, 5.41) is 3.54. The van der Waals surface area contributed by atoms with Crippen LogP contribution in [0.4, 0.5) is 5.69 Å². The molecule has 90 valence electrons. The van der Waals surface area contributed by atoms with Crippen molar-refractivity contribution in [2.45, 2.75) is 26.3 Å². The van der Waals surface area contributed by atoms with Gasteiger partial charge in [0.05, 0.1) is 10.4 Å². The van der Waals surface area contributed by atoms with Gasteiger partial charge in [-0.15, -0.1) is 11.3 Å². The highest BCUT2D eigenvalue weighted by Gasteiger charge is 2.09. The van der Waals surface area contributed by atoms with Crippen LogP contribution in [-0.4, -0.2) is 0 Å². The first-order valence-electron chi connectivity index (χ1n) is 5.80. The highest BCUT2D eigenvalue weighted by molar-refractivity contribution is 7.16. The number of para-hydroxylation sites is 1. The zero-order valence-electron chi connectivity index (χ0n) is 10.0. The quantitative estimate of drug-likeness (QED) is 0.807. The largest absolute Gasteiger partial charge is 0.377 e. The minimum absolute atomic E-state index is 0.292. The predicted molar refractivity (Wildman–Crippen MR) is 77.2 cm³/mol. The van der Waals surface area contributed by atoms with E-state index >= 15 is 0 Å². The van der Waals surface area contributed by atoms with Crippen LogP contribution in [0.2, 0.25) is 4.34 Å². The molecule has 17 heavy (non-hydrogen) atoms. The van der Waals surface area contributed by atoms with Gasteiger partial charge >= 0.3 is 0 Å². The summed E-state index contributed by atoms with van der Waals surface area (Å²) in [6, 6.07) is 12.8. The van der Waals surface area contributed by atoms with Crippen LogP contribution in [0, 0.1) is 0 Å². The minimum Gasteiger partial charge on any atom is -0.377 e. The van der Waals surface area contributed by atoms with Gasteiger partial charge in [-0.1, -0.05) is 36.7 Å². The van der Waals surface area contributed by atoms with Crippen LogP contribution >= 0.6 is 22.9 Å². The third-order valence-corrected chi connectivity index (χ3v) is 4.20. The fraction of sp³-hybridized carbons (Fsp3) is 0.286. The van der Waals surface area contributed by atoms with Crippen LogP contribution in [-0.2, 0) is 6.42 Å². The number of nitrogens with one attached hydrogen (secondary N) is 1. The van der Waals surface area contributed by atoms with Crippen LogP contribution in [0.15, 0.2) is 36.4 Å². The molecule has 1 aromatic carbocycles. The molecule has 0 bridgehead atoms. The van der Waals surface area contributed by atoms with Gasteiger partial charge in [0, 0.05) is 10.6 Å². The lowest BCUT2D eigenvalue weighted by molar-refractivity contribution is 0.901. The summed E-state index contributed by atoms with van der Waals surface area (Å²) in [6.07, 6.45) is 1.04. The molecule has 0 aliphatic heterocycles. The first-order chi connectivity index (χ1) is 8.20. The Morgan fingerprint density at radius 1 is 1.24 bits per heavy atom. The maximum Gasteiger partial charge on any atom is 0.0932 e. The van der Waals surface area contributed by atoms with E-state index in [2.05, 4.69) is 49.5 Å². The summed E-state index contributed by atoms with van der Waals surface area (Å²) in [5.74, 6) is 0. The summed E-state index contributed by atoms with van der Waals surface area (Å²) < 4.78 is 0.845. The van der Waals surface area contributed by atoms with Crippen LogP contribution in [0.1, 0.15) is 30.3 Å². The van der Waals surface area contributed by atoms with Gasteiger partial charge in [-0.25, -0.2) is 0 Å². The van der Waals surface area contributed by atoms with Crippen molar-refractivity contribution in [1.29, 1.82) is 0 Å². The van der Waals surface area contributed by atoms with Crippen molar-refractivity contribution < 1.29 is 0 Å². The number of aryl methyl sites for hydroxylation is 1. The number of hydrogen-bond acceptors (Lipinski definition) is 2. The van der Waals surface area contributed by atoms with Crippen LogP contribution in [0.25, 0.3) is 0 Å². The Kier molecular flexibility index (Phi) is 4.08. The molecule has 2 aromatic rings. The Morgan fingerprint density at radius 3 is 2.65 bits per heavy atom. The number of rotatable bonds is 4. The fourth-order valence-electron chi connectivity index (χ4n) is 1.83. The SMILES string of the molecule is CCc1ccccc1NC(C)c1ccc(Cl)s1. The Labute approximate surface area is 111 Å². The van der Waals surface area contributed by atoms with Gasteiger partial charge in [0.25, 0.3) is 0 Å². The molecule has 3 heteroatoms. The first-order valence-corrected chi connectivity index (χ1v) is 7.00. The summed E-state index contributed by atoms with van der Waals surface area (Å²) in [4.78, 5) is 1.26. The summed E-state index contributed by atoms with van der Waals surface area (Å²) >= 11 is 7.59. The lowest BCUT2D eigenvalue weighted by Gasteiger charge is -2.16. The number of benzene rings is 1. The number of halogens is 1. The van der Waals surface area contributed by atoms with Gasteiger partial charge in [0.15, 0.2) is 0 Å². The second-order valence-electron chi connectivity index (χ2n) is 4.02. The lowest BCUT2D eigenvalue weighted by Crippen LogP contribution is -2.06. The molecule has 0 radical (unpaired) electrons. The normalized spacial score (nSPS) is 12.4. The standard InChI is InChI=1S/C14H16ClNS/c1-3-11-6-4-5-7-12(11)16-10(2)13-8-9-14(15)17-13/h4-10,16H,3H2,1-2H3. The summed E-state index contributed by atoms with van der Waals surface area (Å²) in [7, 11) is 0. The highest BCUT2D eigenvalue weighted by atomic mass is 35.5. The molecule has 1 N–H and O–H groups in total. The van der Waals surface area contributed by atoms with E-state index in [1.165, 1.54) is 16.1 Å². The molecular formula is C14H16ClNS. The molecular weight excluding hydrogens is 250 g/mol. The summed E-state index contributed by atoms with van der Waals surface area (Å²) in [5.41, 5.74) is 2.56. The molecule has 0 amide bonds. The number of anilines is 1. The monoisotopic (exact) mass is 265 g/mol. The Bertz CT molecular complexity index is 492. The molecule has 0 fully saturated rings. The first kappa shape index (κ1) is 12.5. The third kappa shape index (κ3) is 3.02. The molecule has 0 saturated heterocycles. The molecule has 0 aliphatic rings. The Balaban J connectivity index is 2.15. The molecule has 0 saturated carbocycles. The van der Waals surface area contributed by atoms with Gasteiger partial charge in [0.2, 0.25) is 0 Å². The second-order valence-corrected chi connectivity index (χ2v) is 5.77. The maximum absolute atomic E-state index is 5.96. The molecule has 2 rings (SSSR count). The van der Waals surface area contributed by atoms with E-state index in [-0.39, 0.29) is 0 Å². The molecule has 1 heterocycles. The van der Waals surface area contributed by atoms with Crippen LogP contribution in [0.3, 0.4) is 0 Å². The number of thiophene rings is 1. The van der Waals surface area contributed by atoms with Gasteiger partial charge < -0.3 is 5.32 Å². The van der Waals surface area contributed by atoms with Gasteiger partial charge in [0.1, 0.15) is 0 Å². The van der Waals surface area contributed by atoms with Gasteiger partial charge in [-0.2, -0.15) is 0 Å². The van der Waals surface area contributed by atoms with Crippen molar-refractivity contribution in [2.24, 2.45) is 0 Å². The smallest absolute Gasteiger partial charge is 0.0932 e. The van der Waals surface area contributed by atoms with Crippen LogP contribution < -0.4 is 5.32 Å². The zero-order chi connectivity index (χ0) is 12.3. The van der Waals surface area contributed by atoms with E-state index < -0.39 is 0 Å². The van der Waals surface area contributed by atoms with E-state index in [0.29, 0.717) is 6.04 Å². The van der Waals surface area contributed by atoms with E-state index in [0.717, 1.165) is 10.8 Å². The number of hydrogen-bond donors (Lipinski definition) is 1. The molecule has 1 aromatic heterocycles.